The van der Waals surface area contributed by atoms with E-state index >= 15 is 0 Å². The van der Waals surface area contributed by atoms with Crippen LogP contribution in [0.15, 0.2) is 5.38 Å². The Morgan fingerprint density at radius 2 is 2.16 bits per heavy atom. The summed E-state index contributed by atoms with van der Waals surface area (Å²) in [5.74, 6) is -1.23. The maximum Gasteiger partial charge on any atom is 0.355 e. The highest BCUT2D eigenvalue weighted by Crippen LogP contribution is 2.37. The van der Waals surface area contributed by atoms with E-state index in [4.69, 9.17) is 5.11 Å². The number of hydrogen-bond acceptors (Lipinski definition) is 4. The second-order valence-electron chi connectivity index (χ2n) is 5.03. The first-order chi connectivity index (χ1) is 9.01. The number of nitrogens with zero attached hydrogens (tertiary/aromatic N) is 2. The fraction of sp³-hybridized carbons (Fsp3) is 0.615. The summed E-state index contributed by atoms with van der Waals surface area (Å²) in [4.78, 5) is 28.7. The molecule has 1 amide bonds. The third-order valence-electron chi connectivity index (χ3n) is 4.13. The molecule has 1 N–H and O–H groups in total. The van der Waals surface area contributed by atoms with Crippen LogP contribution < -0.4 is 0 Å². The van der Waals surface area contributed by atoms with Crippen molar-refractivity contribution < 1.29 is 14.7 Å². The van der Waals surface area contributed by atoms with Gasteiger partial charge in [-0.05, 0) is 24.7 Å². The van der Waals surface area contributed by atoms with Crippen molar-refractivity contribution in [2.45, 2.75) is 33.1 Å². The summed E-state index contributed by atoms with van der Waals surface area (Å²) in [6.07, 6.45) is 3.14. The first-order valence-corrected chi connectivity index (χ1v) is 7.37. The van der Waals surface area contributed by atoms with Crippen molar-refractivity contribution in [3.8, 4) is 0 Å². The molecule has 104 valence electrons. The Balaban J connectivity index is 2.10. The lowest BCUT2D eigenvalue weighted by Gasteiger charge is -2.26. The van der Waals surface area contributed by atoms with Crippen LogP contribution >= 0.6 is 11.3 Å². The van der Waals surface area contributed by atoms with E-state index in [1.54, 1.807) is 4.90 Å². The summed E-state index contributed by atoms with van der Waals surface area (Å²) >= 11 is 1.11. The number of carboxylic acids is 1. The number of aromatic carboxylic acids is 1. The van der Waals surface area contributed by atoms with Crippen LogP contribution in [0.2, 0.25) is 0 Å². The SMILES string of the molecule is CCC1(CC)CCN(C(=O)c2nc(C(=O)O)cs2)C1. The fourth-order valence-corrected chi connectivity index (χ4v) is 3.30. The molecule has 1 aliphatic rings. The topological polar surface area (TPSA) is 70.5 Å². The van der Waals surface area contributed by atoms with Gasteiger partial charge in [0.15, 0.2) is 10.7 Å². The van der Waals surface area contributed by atoms with Crippen LogP contribution in [0.3, 0.4) is 0 Å². The molecule has 6 heteroatoms. The third kappa shape index (κ3) is 2.63. The maximum absolute atomic E-state index is 12.3. The van der Waals surface area contributed by atoms with Crippen molar-refractivity contribution >= 4 is 23.2 Å². The number of likely N-dealkylation sites (tertiary alicyclic amines) is 1. The smallest absolute Gasteiger partial charge is 0.355 e. The van der Waals surface area contributed by atoms with Gasteiger partial charge < -0.3 is 10.0 Å². The van der Waals surface area contributed by atoms with Crippen molar-refractivity contribution in [2.75, 3.05) is 13.1 Å². The summed E-state index contributed by atoms with van der Waals surface area (Å²) in [6.45, 7) is 5.80. The Kier molecular flexibility index (Phi) is 3.89. The van der Waals surface area contributed by atoms with E-state index in [9.17, 15) is 9.59 Å². The summed E-state index contributed by atoms with van der Waals surface area (Å²) in [6, 6.07) is 0. The van der Waals surface area contributed by atoms with Gasteiger partial charge in [0.25, 0.3) is 5.91 Å². The average Bonchev–Trinajstić information content (AvgIpc) is 3.05. The monoisotopic (exact) mass is 282 g/mol. The van der Waals surface area contributed by atoms with Crippen LogP contribution in [-0.2, 0) is 0 Å². The lowest BCUT2D eigenvalue weighted by Crippen LogP contribution is -2.31. The third-order valence-corrected chi connectivity index (χ3v) is 4.96. The Labute approximate surface area is 116 Å². The van der Waals surface area contributed by atoms with Crippen LogP contribution in [-0.4, -0.2) is 40.0 Å². The largest absolute Gasteiger partial charge is 0.476 e. The first-order valence-electron chi connectivity index (χ1n) is 6.49. The van der Waals surface area contributed by atoms with Gasteiger partial charge in [-0.3, -0.25) is 4.79 Å². The van der Waals surface area contributed by atoms with E-state index in [0.717, 1.165) is 43.7 Å². The van der Waals surface area contributed by atoms with Crippen molar-refractivity contribution in [3.63, 3.8) is 0 Å². The molecule has 0 spiro atoms. The van der Waals surface area contributed by atoms with E-state index in [1.807, 2.05) is 0 Å². The van der Waals surface area contributed by atoms with E-state index in [0.29, 0.717) is 0 Å². The van der Waals surface area contributed by atoms with Crippen molar-refractivity contribution in [3.05, 3.63) is 16.1 Å². The first kappa shape index (κ1) is 14.0. The van der Waals surface area contributed by atoms with Crippen LogP contribution in [0.4, 0.5) is 0 Å². The van der Waals surface area contributed by atoms with Crippen molar-refractivity contribution in [1.29, 1.82) is 0 Å². The lowest BCUT2D eigenvalue weighted by molar-refractivity contribution is 0.0691. The standard InChI is InChI=1S/C13H18N2O3S/c1-3-13(4-2)5-6-15(8-13)11(16)10-14-9(7-19-10)12(17)18/h7H,3-6,8H2,1-2H3,(H,17,18). The maximum atomic E-state index is 12.3. The van der Waals surface area contributed by atoms with Crippen LogP contribution in [0.5, 0.6) is 0 Å². The number of amides is 1. The molecule has 0 unspecified atom stereocenters. The number of carbonyl (C=O) groups is 2. The molecule has 5 nitrogen and oxygen atoms in total. The number of carboxylic acid groups (broad SMARTS) is 1. The molecule has 1 saturated heterocycles. The fourth-order valence-electron chi connectivity index (χ4n) is 2.54. The van der Waals surface area contributed by atoms with Crippen molar-refractivity contribution in [1.82, 2.24) is 9.88 Å². The van der Waals surface area contributed by atoms with Crippen LogP contribution in [0.25, 0.3) is 0 Å². The molecular weight excluding hydrogens is 264 g/mol. The second-order valence-corrected chi connectivity index (χ2v) is 5.88. The highest BCUT2D eigenvalue weighted by molar-refractivity contribution is 7.11. The van der Waals surface area contributed by atoms with Gasteiger partial charge in [-0.2, -0.15) is 0 Å². The highest BCUT2D eigenvalue weighted by Gasteiger charge is 2.38. The zero-order valence-electron chi connectivity index (χ0n) is 11.2. The number of carbonyl (C=O) groups excluding carboxylic acids is 1. The van der Waals surface area contributed by atoms with Crippen molar-refractivity contribution in [2.24, 2.45) is 5.41 Å². The average molecular weight is 282 g/mol. The van der Waals surface area contributed by atoms with Gasteiger partial charge in [-0.25, -0.2) is 9.78 Å². The van der Waals surface area contributed by atoms with Gasteiger partial charge in [0, 0.05) is 18.5 Å². The van der Waals surface area contributed by atoms with Gasteiger partial charge in [0.2, 0.25) is 0 Å². The Morgan fingerprint density at radius 3 is 2.63 bits per heavy atom. The van der Waals surface area contributed by atoms with Gasteiger partial charge in [0.1, 0.15) is 0 Å². The Morgan fingerprint density at radius 1 is 1.47 bits per heavy atom. The molecule has 0 atom stereocenters. The van der Waals surface area contributed by atoms with E-state index in [1.165, 1.54) is 5.38 Å². The Bertz CT molecular complexity index is 494. The van der Waals surface area contributed by atoms with E-state index < -0.39 is 5.97 Å². The minimum Gasteiger partial charge on any atom is -0.476 e. The zero-order chi connectivity index (χ0) is 14.0. The molecule has 2 rings (SSSR count). The zero-order valence-corrected chi connectivity index (χ0v) is 12.0. The summed E-state index contributed by atoms with van der Waals surface area (Å²) in [5.41, 5.74) is 0.174. The molecule has 1 aromatic rings. The molecule has 0 radical (unpaired) electrons. The molecule has 19 heavy (non-hydrogen) atoms. The molecule has 2 heterocycles. The molecule has 0 saturated carbocycles. The molecular formula is C13H18N2O3S. The second kappa shape index (κ2) is 5.28. The van der Waals surface area contributed by atoms with E-state index in [2.05, 4.69) is 18.8 Å². The summed E-state index contributed by atoms with van der Waals surface area (Å²) in [5, 5.41) is 10.5. The minimum atomic E-state index is -1.09. The number of aromatic nitrogens is 1. The number of hydrogen-bond donors (Lipinski definition) is 1. The summed E-state index contributed by atoms with van der Waals surface area (Å²) < 4.78 is 0. The molecule has 1 fully saturated rings. The molecule has 0 aliphatic carbocycles. The predicted octanol–water partition coefficient (Wildman–Crippen LogP) is 2.49. The molecule has 1 aromatic heterocycles. The summed E-state index contributed by atoms with van der Waals surface area (Å²) in [7, 11) is 0. The van der Waals surface area contributed by atoms with Crippen LogP contribution in [0, 0.1) is 5.41 Å². The number of rotatable bonds is 4. The van der Waals surface area contributed by atoms with Gasteiger partial charge in [-0.1, -0.05) is 13.8 Å². The molecule has 0 bridgehead atoms. The lowest BCUT2D eigenvalue weighted by atomic mass is 9.82. The normalized spacial score (nSPS) is 17.7. The Hall–Kier alpha value is -1.43. The van der Waals surface area contributed by atoms with Gasteiger partial charge in [0.05, 0.1) is 0 Å². The van der Waals surface area contributed by atoms with Gasteiger partial charge in [-0.15, -0.1) is 11.3 Å². The quantitative estimate of drug-likeness (QED) is 0.921. The highest BCUT2D eigenvalue weighted by atomic mass is 32.1. The molecule has 0 aromatic carbocycles. The predicted molar refractivity (Wildman–Crippen MR) is 72.6 cm³/mol. The van der Waals surface area contributed by atoms with E-state index in [-0.39, 0.29) is 22.0 Å². The minimum absolute atomic E-state index is 0.0511. The van der Waals surface area contributed by atoms with Gasteiger partial charge >= 0.3 is 5.97 Å². The van der Waals surface area contributed by atoms with Crippen LogP contribution in [0.1, 0.15) is 53.4 Å². The number of thiazole rings is 1. The molecule has 1 aliphatic heterocycles.